The Kier molecular flexibility index (Phi) is 11.1. The Morgan fingerprint density at radius 3 is 2.34 bits per heavy atom. The Bertz CT molecular complexity index is 883. The van der Waals surface area contributed by atoms with E-state index in [4.69, 9.17) is 9.16 Å². The lowest BCUT2D eigenvalue weighted by molar-refractivity contribution is -0.164. The molecule has 0 saturated carbocycles. The van der Waals surface area contributed by atoms with E-state index in [0.29, 0.717) is 18.8 Å². The van der Waals surface area contributed by atoms with Crippen molar-refractivity contribution >= 4 is 20.3 Å². The van der Waals surface area contributed by atoms with Crippen LogP contribution in [0.3, 0.4) is 0 Å². The highest BCUT2D eigenvalue weighted by Crippen LogP contribution is 2.45. The zero-order valence-electron chi connectivity index (χ0n) is 25.5. The Labute approximate surface area is 232 Å². The van der Waals surface area contributed by atoms with Gasteiger partial charge in [0.1, 0.15) is 6.10 Å². The maximum absolute atomic E-state index is 13.0. The highest BCUT2D eigenvalue weighted by Gasteiger charge is 2.43. The predicted molar refractivity (Wildman–Crippen MR) is 155 cm³/mol. The van der Waals surface area contributed by atoms with Crippen molar-refractivity contribution in [3.8, 4) is 0 Å². The topological polar surface area (TPSA) is 93.1 Å². The highest BCUT2D eigenvalue weighted by molar-refractivity contribution is 6.74. The van der Waals surface area contributed by atoms with E-state index in [1.54, 1.807) is 0 Å². The van der Waals surface area contributed by atoms with Crippen molar-refractivity contribution < 1.29 is 29.0 Å². The largest absolute Gasteiger partial charge is 0.481 e. The summed E-state index contributed by atoms with van der Waals surface area (Å²) >= 11 is 0. The number of esters is 1. The molecule has 0 bridgehead atoms. The van der Waals surface area contributed by atoms with Crippen LogP contribution in [-0.4, -0.2) is 48.8 Å². The lowest BCUT2D eigenvalue weighted by Crippen LogP contribution is -2.45. The zero-order valence-corrected chi connectivity index (χ0v) is 26.5. The van der Waals surface area contributed by atoms with Crippen molar-refractivity contribution in [1.29, 1.82) is 0 Å². The Balaban J connectivity index is 2.16. The van der Waals surface area contributed by atoms with Gasteiger partial charge in [-0.25, -0.2) is 0 Å². The van der Waals surface area contributed by atoms with Gasteiger partial charge in [-0.15, -0.1) is 0 Å². The van der Waals surface area contributed by atoms with Crippen LogP contribution < -0.4 is 0 Å². The maximum Gasteiger partial charge on any atom is 0.311 e. The first-order valence-corrected chi connectivity index (χ1v) is 17.5. The number of carbonyl (C=O) groups is 2. The molecule has 6 nitrogen and oxygen atoms in total. The Morgan fingerprint density at radius 2 is 1.79 bits per heavy atom. The third-order valence-electron chi connectivity index (χ3n) is 9.33. The van der Waals surface area contributed by atoms with Crippen LogP contribution in [0.1, 0.15) is 93.9 Å². The van der Waals surface area contributed by atoms with Crippen molar-refractivity contribution in [1.82, 2.24) is 0 Å². The summed E-state index contributed by atoms with van der Waals surface area (Å²) in [6.45, 7) is 20.9. The van der Waals surface area contributed by atoms with E-state index >= 15 is 0 Å². The van der Waals surface area contributed by atoms with Crippen LogP contribution in [0.15, 0.2) is 23.8 Å². The molecule has 0 aromatic carbocycles. The van der Waals surface area contributed by atoms with Crippen molar-refractivity contribution in [3.05, 3.63) is 23.8 Å². The molecule has 0 aromatic heterocycles. The van der Waals surface area contributed by atoms with E-state index in [1.165, 1.54) is 5.57 Å². The van der Waals surface area contributed by atoms with Crippen LogP contribution >= 0.6 is 0 Å². The minimum absolute atomic E-state index is 0.0434. The second-order valence-electron chi connectivity index (χ2n) is 14.0. The van der Waals surface area contributed by atoms with Gasteiger partial charge < -0.3 is 19.4 Å². The summed E-state index contributed by atoms with van der Waals surface area (Å²) in [6.07, 6.45) is 8.45. The molecule has 2 rings (SSSR count). The standard InChI is InChI=1S/C31H54O6Si/c1-11-31(7,8)29(35)36-26-17-20(2)16-22-13-12-21(3)25(28(22)26)15-14-23(32)18-24(19-27(33)34)37-38(9,10)30(4,5)6/h12-13,16,20-21,23-26,28,32H,11,14-15,17-19H2,1-10H3,(H,33,34)/t20-,21-,23+,24+,25-,26-,28-/m0/s1. The summed E-state index contributed by atoms with van der Waals surface area (Å²) in [6, 6.07) is 0. The van der Waals surface area contributed by atoms with Crippen molar-refractivity contribution in [2.45, 2.75) is 130 Å². The van der Waals surface area contributed by atoms with Crippen LogP contribution in [0.2, 0.25) is 18.1 Å². The van der Waals surface area contributed by atoms with Gasteiger partial charge in [0, 0.05) is 5.92 Å². The van der Waals surface area contributed by atoms with Crippen molar-refractivity contribution in [2.24, 2.45) is 29.1 Å². The molecule has 2 N–H and O–H groups in total. The fraction of sp³-hybridized carbons (Fsp3) is 0.806. The van der Waals surface area contributed by atoms with Crippen LogP contribution in [-0.2, 0) is 18.8 Å². The fourth-order valence-corrected chi connectivity index (χ4v) is 6.80. The second-order valence-corrected chi connectivity index (χ2v) is 18.8. The maximum atomic E-state index is 13.0. The summed E-state index contributed by atoms with van der Waals surface area (Å²) in [5.41, 5.74) is 0.717. The van der Waals surface area contributed by atoms with Crippen LogP contribution in [0, 0.1) is 29.1 Å². The fourth-order valence-electron chi connectivity index (χ4n) is 5.43. The number of ether oxygens (including phenoxy) is 1. The molecule has 7 atom stereocenters. The predicted octanol–water partition coefficient (Wildman–Crippen LogP) is 7.14. The first kappa shape index (κ1) is 32.8. The summed E-state index contributed by atoms with van der Waals surface area (Å²) in [4.78, 5) is 24.6. The van der Waals surface area contributed by atoms with Gasteiger partial charge in [0.15, 0.2) is 8.32 Å². The van der Waals surface area contributed by atoms with Gasteiger partial charge in [-0.2, -0.15) is 0 Å². The smallest absolute Gasteiger partial charge is 0.311 e. The normalized spacial score (nSPS) is 27.8. The summed E-state index contributed by atoms with van der Waals surface area (Å²) in [5.74, 6) is -0.0892. The van der Waals surface area contributed by atoms with Gasteiger partial charge in [0.25, 0.3) is 0 Å². The Morgan fingerprint density at radius 1 is 1.16 bits per heavy atom. The van der Waals surface area contributed by atoms with Gasteiger partial charge in [-0.3, -0.25) is 9.59 Å². The van der Waals surface area contributed by atoms with Crippen LogP contribution in [0.4, 0.5) is 0 Å². The molecule has 0 fully saturated rings. The van der Waals surface area contributed by atoms with E-state index in [1.807, 2.05) is 20.8 Å². The molecule has 2 aliphatic carbocycles. The summed E-state index contributed by atoms with van der Waals surface area (Å²) in [7, 11) is -2.18. The second kappa shape index (κ2) is 12.8. The number of fused-ring (bicyclic) bond motifs is 1. The molecule has 2 aliphatic rings. The van der Waals surface area contributed by atoms with Gasteiger partial charge in [0.05, 0.1) is 24.0 Å². The van der Waals surface area contributed by atoms with E-state index in [2.05, 4.69) is 65.9 Å². The van der Waals surface area contributed by atoms with Gasteiger partial charge in [0.2, 0.25) is 0 Å². The monoisotopic (exact) mass is 550 g/mol. The third-order valence-corrected chi connectivity index (χ3v) is 13.9. The minimum Gasteiger partial charge on any atom is -0.481 e. The molecular weight excluding hydrogens is 496 g/mol. The number of aliphatic hydroxyl groups excluding tert-OH is 1. The molecule has 0 aromatic rings. The SMILES string of the molecule is CCC(C)(C)C(=O)O[C@H]1C[C@@H](C)C=C2C=C[C@H](C)[C@H](CC[C@@H](O)C[C@H](CC(=O)O)O[Si](C)(C)C(C)(C)C)[C@H]21. The van der Waals surface area contributed by atoms with E-state index in [0.717, 1.165) is 19.3 Å². The van der Waals surface area contributed by atoms with E-state index in [9.17, 15) is 19.8 Å². The molecule has 0 radical (unpaired) electrons. The summed E-state index contributed by atoms with van der Waals surface area (Å²) < 4.78 is 12.6. The van der Waals surface area contributed by atoms with E-state index < -0.39 is 31.9 Å². The average molecular weight is 551 g/mol. The number of hydrogen-bond donors (Lipinski definition) is 2. The quantitative estimate of drug-likeness (QED) is 0.198. The molecule has 38 heavy (non-hydrogen) atoms. The van der Waals surface area contributed by atoms with Crippen molar-refractivity contribution in [2.75, 3.05) is 0 Å². The molecule has 0 saturated heterocycles. The number of aliphatic carboxylic acids is 1. The average Bonchev–Trinajstić information content (AvgIpc) is 2.76. The molecule has 0 amide bonds. The molecule has 0 aliphatic heterocycles. The van der Waals surface area contributed by atoms with Crippen LogP contribution in [0.25, 0.3) is 0 Å². The number of carboxylic acids is 1. The molecule has 0 unspecified atom stereocenters. The van der Waals surface area contributed by atoms with Gasteiger partial charge in [-0.05, 0) is 87.4 Å². The molecular formula is C31H54O6Si. The number of aliphatic hydroxyl groups is 1. The lowest BCUT2D eigenvalue weighted by Gasteiger charge is -2.44. The first-order valence-electron chi connectivity index (χ1n) is 14.6. The first-order chi connectivity index (χ1) is 17.4. The molecule has 218 valence electrons. The van der Waals surface area contributed by atoms with Gasteiger partial charge in [-0.1, -0.05) is 59.8 Å². The van der Waals surface area contributed by atoms with Crippen LogP contribution in [0.5, 0.6) is 0 Å². The van der Waals surface area contributed by atoms with Crippen molar-refractivity contribution in [3.63, 3.8) is 0 Å². The third kappa shape index (κ3) is 8.53. The zero-order chi connectivity index (χ0) is 29.1. The van der Waals surface area contributed by atoms with E-state index in [-0.39, 0.29) is 41.3 Å². The highest BCUT2D eigenvalue weighted by atomic mass is 28.4. The Hall–Kier alpha value is -1.44. The molecule has 0 spiro atoms. The lowest BCUT2D eigenvalue weighted by atomic mass is 9.65. The number of hydrogen-bond acceptors (Lipinski definition) is 5. The molecule has 0 heterocycles. The van der Waals surface area contributed by atoms with Gasteiger partial charge >= 0.3 is 11.9 Å². The number of carbonyl (C=O) groups excluding carboxylic acids is 1. The molecule has 7 heteroatoms. The number of carboxylic acid groups (broad SMARTS) is 1. The number of allylic oxidation sites excluding steroid dienone is 3. The summed E-state index contributed by atoms with van der Waals surface area (Å²) in [5, 5.41) is 20.5. The minimum atomic E-state index is -2.18. The number of rotatable bonds is 12.